The van der Waals surface area contributed by atoms with Gasteiger partial charge in [0.05, 0.1) is 0 Å². The second kappa shape index (κ2) is 6.91. The minimum atomic E-state index is 0.730. The molecule has 0 aliphatic heterocycles. The van der Waals surface area contributed by atoms with Crippen molar-refractivity contribution in [2.45, 2.75) is 83.3 Å². The Morgan fingerprint density at radius 2 is 1.78 bits per heavy atom. The fraction of sp³-hybridized carbons (Fsp3) is 1.00. The van der Waals surface area contributed by atoms with Crippen molar-refractivity contribution in [1.29, 1.82) is 0 Å². The Balaban J connectivity index is 2.04. The van der Waals surface area contributed by atoms with Crippen molar-refractivity contribution in [3.8, 4) is 0 Å². The molecule has 2 aliphatic carbocycles. The van der Waals surface area contributed by atoms with Gasteiger partial charge in [-0.25, -0.2) is 0 Å². The standard InChI is InChI=1S/C16H32N2/c1-4-13-10-11-15(17-3)16(12-13)18(5-2)14-8-6-7-9-14/h13-17H,4-12H2,1-3H3. The molecule has 0 amide bonds. The van der Waals surface area contributed by atoms with Gasteiger partial charge >= 0.3 is 0 Å². The number of rotatable bonds is 5. The molecule has 0 aromatic heterocycles. The van der Waals surface area contributed by atoms with E-state index >= 15 is 0 Å². The first-order chi connectivity index (χ1) is 8.80. The quantitative estimate of drug-likeness (QED) is 0.806. The Hall–Kier alpha value is -0.0800. The van der Waals surface area contributed by atoms with Gasteiger partial charge < -0.3 is 5.32 Å². The van der Waals surface area contributed by atoms with Crippen LogP contribution in [0.1, 0.15) is 65.2 Å². The van der Waals surface area contributed by atoms with Crippen molar-refractivity contribution < 1.29 is 0 Å². The number of likely N-dealkylation sites (N-methyl/N-ethyl adjacent to an activating group) is 2. The van der Waals surface area contributed by atoms with E-state index < -0.39 is 0 Å². The van der Waals surface area contributed by atoms with E-state index in [0.717, 1.165) is 24.0 Å². The Bertz CT molecular complexity index is 235. The maximum atomic E-state index is 3.60. The lowest BCUT2D eigenvalue weighted by Gasteiger charge is -2.45. The summed E-state index contributed by atoms with van der Waals surface area (Å²) in [4.78, 5) is 2.84. The zero-order valence-corrected chi connectivity index (χ0v) is 12.6. The van der Waals surface area contributed by atoms with Crippen molar-refractivity contribution in [1.82, 2.24) is 10.2 Å². The molecule has 0 spiro atoms. The molecule has 2 rings (SSSR count). The van der Waals surface area contributed by atoms with Crippen LogP contribution in [0.5, 0.6) is 0 Å². The Morgan fingerprint density at radius 1 is 1.06 bits per heavy atom. The van der Waals surface area contributed by atoms with Crippen LogP contribution in [0.15, 0.2) is 0 Å². The van der Waals surface area contributed by atoms with E-state index in [1.54, 1.807) is 0 Å². The average molecular weight is 252 g/mol. The van der Waals surface area contributed by atoms with E-state index in [4.69, 9.17) is 0 Å². The maximum Gasteiger partial charge on any atom is 0.0254 e. The van der Waals surface area contributed by atoms with Gasteiger partial charge in [0.15, 0.2) is 0 Å². The molecule has 18 heavy (non-hydrogen) atoms. The second-order valence-electron chi connectivity index (χ2n) is 6.32. The molecule has 0 aromatic rings. The summed E-state index contributed by atoms with van der Waals surface area (Å²) >= 11 is 0. The van der Waals surface area contributed by atoms with Gasteiger partial charge in [0.1, 0.15) is 0 Å². The fourth-order valence-electron chi connectivity index (χ4n) is 4.30. The molecule has 106 valence electrons. The summed E-state index contributed by atoms with van der Waals surface area (Å²) in [5.74, 6) is 0.968. The van der Waals surface area contributed by atoms with Crippen molar-refractivity contribution >= 4 is 0 Å². The molecule has 2 aliphatic rings. The lowest BCUT2D eigenvalue weighted by molar-refractivity contribution is 0.0674. The van der Waals surface area contributed by atoms with Crippen LogP contribution >= 0.6 is 0 Å². The highest BCUT2D eigenvalue weighted by Crippen LogP contribution is 2.34. The molecule has 2 nitrogen and oxygen atoms in total. The van der Waals surface area contributed by atoms with Gasteiger partial charge in [0.2, 0.25) is 0 Å². The van der Waals surface area contributed by atoms with E-state index in [-0.39, 0.29) is 0 Å². The topological polar surface area (TPSA) is 15.3 Å². The Morgan fingerprint density at radius 3 is 2.33 bits per heavy atom. The number of hydrogen-bond donors (Lipinski definition) is 1. The van der Waals surface area contributed by atoms with Crippen LogP contribution < -0.4 is 5.32 Å². The van der Waals surface area contributed by atoms with Crippen LogP contribution in [0.4, 0.5) is 0 Å². The zero-order valence-electron chi connectivity index (χ0n) is 12.6. The van der Waals surface area contributed by atoms with E-state index in [2.05, 4.69) is 31.1 Å². The highest BCUT2D eigenvalue weighted by Gasteiger charge is 2.36. The largest absolute Gasteiger partial charge is 0.315 e. The van der Waals surface area contributed by atoms with Crippen LogP contribution in [0.2, 0.25) is 0 Å². The van der Waals surface area contributed by atoms with E-state index in [0.29, 0.717) is 0 Å². The molecular weight excluding hydrogens is 220 g/mol. The highest BCUT2D eigenvalue weighted by atomic mass is 15.2. The van der Waals surface area contributed by atoms with E-state index in [1.165, 1.54) is 57.9 Å². The minimum Gasteiger partial charge on any atom is -0.315 e. The van der Waals surface area contributed by atoms with Gasteiger partial charge in [0, 0.05) is 18.1 Å². The van der Waals surface area contributed by atoms with E-state index in [9.17, 15) is 0 Å². The van der Waals surface area contributed by atoms with Crippen molar-refractivity contribution in [3.05, 3.63) is 0 Å². The SMILES string of the molecule is CCC1CCC(NC)C(N(CC)C2CCCC2)C1. The third kappa shape index (κ3) is 3.08. The molecule has 0 bridgehead atoms. The Labute approximate surface area is 114 Å². The molecule has 0 radical (unpaired) electrons. The third-order valence-electron chi connectivity index (χ3n) is 5.46. The zero-order chi connectivity index (χ0) is 13.0. The molecular formula is C16H32N2. The van der Waals surface area contributed by atoms with Crippen LogP contribution in [0.3, 0.4) is 0 Å². The van der Waals surface area contributed by atoms with Gasteiger partial charge in [-0.3, -0.25) is 4.90 Å². The van der Waals surface area contributed by atoms with Crippen LogP contribution in [-0.4, -0.2) is 36.6 Å². The molecule has 3 atom stereocenters. The van der Waals surface area contributed by atoms with Gasteiger partial charge in [-0.2, -0.15) is 0 Å². The van der Waals surface area contributed by atoms with E-state index in [1.807, 2.05) is 0 Å². The molecule has 3 unspecified atom stereocenters. The lowest BCUT2D eigenvalue weighted by Crippen LogP contribution is -2.55. The lowest BCUT2D eigenvalue weighted by atomic mass is 9.79. The van der Waals surface area contributed by atoms with Crippen LogP contribution in [0, 0.1) is 5.92 Å². The summed E-state index contributed by atoms with van der Waals surface area (Å²) in [6.07, 6.45) is 11.4. The van der Waals surface area contributed by atoms with Crippen molar-refractivity contribution in [3.63, 3.8) is 0 Å². The highest BCUT2D eigenvalue weighted by molar-refractivity contribution is 4.93. The van der Waals surface area contributed by atoms with Crippen molar-refractivity contribution in [2.75, 3.05) is 13.6 Å². The average Bonchev–Trinajstić information content (AvgIpc) is 2.93. The Kier molecular flexibility index (Phi) is 5.50. The number of hydrogen-bond acceptors (Lipinski definition) is 2. The summed E-state index contributed by atoms with van der Waals surface area (Å²) in [6, 6.07) is 2.40. The second-order valence-corrected chi connectivity index (χ2v) is 6.32. The smallest absolute Gasteiger partial charge is 0.0254 e. The fourth-order valence-corrected chi connectivity index (χ4v) is 4.30. The summed E-state index contributed by atoms with van der Waals surface area (Å²) in [5, 5.41) is 3.60. The molecule has 1 N–H and O–H groups in total. The predicted octanol–water partition coefficient (Wildman–Crippen LogP) is 3.42. The van der Waals surface area contributed by atoms with Crippen molar-refractivity contribution in [2.24, 2.45) is 5.92 Å². The normalized spacial score (nSPS) is 34.3. The molecule has 2 heteroatoms. The first kappa shape index (κ1) is 14.3. The van der Waals surface area contributed by atoms with Crippen LogP contribution in [-0.2, 0) is 0 Å². The predicted molar refractivity (Wildman–Crippen MR) is 78.9 cm³/mol. The molecule has 0 heterocycles. The summed E-state index contributed by atoms with van der Waals surface area (Å²) in [6.45, 7) is 5.97. The third-order valence-corrected chi connectivity index (χ3v) is 5.46. The summed E-state index contributed by atoms with van der Waals surface area (Å²) in [7, 11) is 2.16. The van der Waals surface area contributed by atoms with Crippen LogP contribution in [0.25, 0.3) is 0 Å². The van der Waals surface area contributed by atoms with Gasteiger partial charge in [0.25, 0.3) is 0 Å². The molecule has 0 aromatic carbocycles. The molecule has 2 saturated carbocycles. The summed E-state index contributed by atoms with van der Waals surface area (Å²) < 4.78 is 0. The minimum absolute atomic E-state index is 0.730. The number of nitrogens with zero attached hydrogens (tertiary/aromatic N) is 1. The molecule has 0 saturated heterocycles. The van der Waals surface area contributed by atoms with Gasteiger partial charge in [-0.1, -0.05) is 33.1 Å². The summed E-state index contributed by atoms with van der Waals surface area (Å²) in [5.41, 5.74) is 0. The molecule has 2 fully saturated rings. The van der Waals surface area contributed by atoms with Gasteiger partial charge in [-0.15, -0.1) is 0 Å². The first-order valence-corrected chi connectivity index (χ1v) is 8.23. The number of nitrogens with one attached hydrogen (secondary N) is 1. The first-order valence-electron chi connectivity index (χ1n) is 8.23. The van der Waals surface area contributed by atoms with Gasteiger partial charge in [-0.05, 0) is 51.6 Å². The monoisotopic (exact) mass is 252 g/mol. The maximum absolute atomic E-state index is 3.60.